The lowest BCUT2D eigenvalue weighted by Gasteiger charge is -2.32. The van der Waals surface area contributed by atoms with E-state index < -0.39 is 5.97 Å². The van der Waals surface area contributed by atoms with Crippen LogP contribution in [0.4, 0.5) is 0 Å². The molecular weight excluding hydrogens is 248 g/mol. The summed E-state index contributed by atoms with van der Waals surface area (Å²) in [6.45, 7) is 4.36. The maximum Gasteiger partial charge on any atom is 0.331 e. The fourth-order valence-corrected chi connectivity index (χ4v) is 2.58. The molecule has 2 nitrogen and oxygen atoms in total. The average Bonchev–Trinajstić information content (AvgIpc) is 2.28. The van der Waals surface area contributed by atoms with Gasteiger partial charge in [0.25, 0.3) is 0 Å². The largest absolute Gasteiger partial charge is 0.478 e. The summed E-state index contributed by atoms with van der Waals surface area (Å²) in [6, 6.07) is 7.43. The molecule has 1 aliphatic rings. The maximum atomic E-state index is 11.3. The van der Waals surface area contributed by atoms with Crippen LogP contribution in [0.3, 0.4) is 0 Å². The van der Waals surface area contributed by atoms with Crippen molar-refractivity contribution in [1.82, 2.24) is 0 Å². The van der Waals surface area contributed by atoms with Gasteiger partial charge in [0.05, 0.1) is 0 Å². The molecule has 0 saturated carbocycles. The summed E-state index contributed by atoms with van der Waals surface area (Å²) < 4.78 is 0. The average molecular weight is 265 g/mol. The van der Waals surface area contributed by atoms with Gasteiger partial charge in [-0.05, 0) is 47.9 Å². The highest BCUT2D eigenvalue weighted by molar-refractivity contribution is 6.30. The van der Waals surface area contributed by atoms with Crippen LogP contribution in [-0.4, -0.2) is 11.1 Å². The first-order chi connectivity index (χ1) is 8.39. The van der Waals surface area contributed by atoms with Gasteiger partial charge in [0.15, 0.2) is 0 Å². The van der Waals surface area contributed by atoms with Crippen LogP contribution in [-0.2, 0) is 4.79 Å². The fraction of sp³-hybridized carbons (Fsp3) is 0.400. The van der Waals surface area contributed by atoms with Crippen molar-refractivity contribution >= 4 is 23.1 Å². The molecule has 0 bridgehead atoms. The van der Waals surface area contributed by atoms with E-state index in [0.717, 1.165) is 24.0 Å². The monoisotopic (exact) mass is 264 g/mol. The van der Waals surface area contributed by atoms with Crippen LogP contribution >= 0.6 is 11.6 Å². The van der Waals surface area contributed by atoms with Gasteiger partial charge in [0.1, 0.15) is 0 Å². The second-order valence-corrected chi connectivity index (χ2v) is 6.05. The highest BCUT2D eigenvalue weighted by atomic mass is 35.5. The molecule has 0 unspecified atom stereocenters. The standard InChI is InChI=1S/C15H17ClO2/c1-15(2)8-7-12(14(17)18)13(9-15)10-3-5-11(16)6-4-10/h3-6H,7-9H2,1-2H3,(H,17,18). The van der Waals surface area contributed by atoms with Crippen molar-refractivity contribution in [1.29, 1.82) is 0 Å². The highest BCUT2D eigenvalue weighted by Gasteiger charge is 2.30. The van der Waals surface area contributed by atoms with Crippen LogP contribution < -0.4 is 0 Å². The number of halogens is 1. The second-order valence-electron chi connectivity index (χ2n) is 5.61. The minimum atomic E-state index is -0.796. The van der Waals surface area contributed by atoms with Gasteiger partial charge in [0.2, 0.25) is 0 Å². The van der Waals surface area contributed by atoms with Crippen LogP contribution in [0.15, 0.2) is 29.8 Å². The zero-order chi connectivity index (χ0) is 13.3. The summed E-state index contributed by atoms with van der Waals surface area (Å²) >= 11 is 5.87. The van der Waals surface area contributed by atoms with Crippen LogP contribution in [0.2, 0.25) is 5.02 Å². The first kappa shape index (κ1) is 13.2. The van der Waals surface area contributed by atoms with Gasteiger partial charge in [-0.15, -0.1) is 0 Å². The normalized spacial score (nSPS) is 18.8. The predicted octanol–water partition coefficient (Wildman–Crippen LogP) is 4.39. The Morgan fingerprint density at radius 3 is 2.44 bits per heavy atom. The summed E-state index contributed by atoms with van der Waals surface area (Å²) in [6.07, 6.45) is 2.36. The molecule has 1 aromatic rings. The lowest BCUT2D eigenvalue weighted by Crippen LogP contribution is -2.21. The number of carbonyl (C=O) groups is 1. The number of hydrogen-bond acceptors (Lipinski definition) is 1. The molecule has 0 fully saturated rings. The molecule has 0 spiro atoms. The van der Waals surface area contributed by atoms with E-state index in [9.17, 15) is 9.90 Å². The SMILES string of the molecule is CC1(C)CCC(C(=O)O)=C(c2ccc(Cl)cc2)C1. The highest BCUT2D eigenvalue weighted by Crippen LogP contribution is 2.43. The molecule has 0 aromatic heterocycles. The summed E-state index contributed by atoms with van der Waals surface area (Å²) in [5.74, 6) is -0.796. The van der Waals surface area contributed by atoms with Gasteiger partial charge in [-0.2, -0.15) is 0 Å². The molecule has 0 amide bonds. The summed E-state index contributed by atoms with van der Waals surface area (Å²) in [4.78, 5) is 11.3. The molecule has 96 valence electrons. The molecule has 1 aromatic carbocycles. The smallest absolute Gasteiger partial charge is 0.331 e. The van der Waals surface area contributed by atoms with E-state index >= 15 is 0 Å². The number of rotatable bonds is 2. The van der Waals surface area contributed by atoms with E-state index in [-0.39, 0.29) is 5.41 Å². The molecule has 1 aliphatic carbocycles. The number of benzene rings is 1. The third kappa shape index (κ3) is 2.75. The van der Waals surface area contributed by atoms with Crippen LogP contribution in [0.25, 0.3) is 5.57 Å². The van der Waals surface area contributed by atoms with E-state index in [2.05, 4.69) is 13.8 Å². The number of carboxylic acids is 1. The van der Waals surface area contributed by atoms with Gasteiger partial charge >= 0.3 is 5.97 Å². The Morgan fingerprint density at radius 2 is 1.89 bits per heavy atom. The summed E-state index contributed by atoms with van der Waals surface area (Å²) in [5, 5.41) is 9.98. The Labute approximate surface area is 112 Å². The third-order valence-electron chi connectivity index (χ3n) is 3.52. The van der Waals surface area contributed by atoms with E-state index in [0.29, 0.717) is 17.0 Å². The van der Waals surface area contributed by atoms with Crippen LogP contribution in [0.5, 0.6) is 0 Å². The zero-order valence-electron chi connectivity index (χ0n) is 10.7. The molecule has 0 atom stereocenters. The first-order valence-electron chi connectivity index (χ1n) is 6.10. The van der Waals surface area contributed by atoms with E-state index in [1.165, 1.54) is 0 Å². The maximum absolute atomic E-state index is 11.3. The van der Waals surface area contributed by atoms with Crippen molar-refractivity contribution in [3.05, 3.63) is 40.4 Å². The zero-order valence-corrected chi connectivity index (χ0v) is 11.4. The number of hydrogen-bond donors (Lipinski definition) is 1. The third-order valence-corrected chi connectivity index (χ3v) is 3.77. The molecule has 3 heteroatoms. The Bertz CT molecular complexity index is 498. The van der Waals surface area contributed by atoms with Crippen molar-refractivity contribution in [2.24, 2.45) is 5.41 Å². The summed E-state index contributed by atoms with van der Waals surface area (Å²) in [5.41, 5.74) is 2.64. The van der Waals surface area contributed by atoms with Crippen molar-refractivity contribution in [2.75, 3.05) is 0 Å². The lowest BCUT2D eigenvalue weighted by molar-refractivity contribution is -0.132. The minimum Gasteiger partial charge on any atom is -0.478 e. The Morgan fingerprint density at radius 1 is 1.28 bits per heavy atom. The molecule has 2 rings (SSSR count). The second kappa shape index (κ2) is 4.77. The quantitative estimate of drug-likeness (QED) is 0.860. The first-order valence-corrected chi connectivity index (χ1v) is 6.48. The molecule has 0 radical (unpaired) electrons. The van der Waals surface area contributed by atoms with Crippen molar-refractivity contribution in [3.8, 4) is 0 Å². The van der Waals surface area contributed by atoms with E-state index in [4.69, 9.17) is 11.6 Å². The molecule has 18 heavy (non-hydrogen) atoms. The minimum absolute atomic E-state index is 0.161. The predicted molar refractivity (Wildman–Crippen MR) is 73.6 cm³/mol. The molecule has 0 heterocycles. The molecule has 0 saturated heterocycles. The van der Waals surface area contributed by atoms with Crippen molar-refractivity contribution < 1.29 is 9.90 Å². The Kier molecular flexibility index (Phi) is 3.49. The Balaban J connectivity index is 2.47. The lowest BCUT2D eigenvalue weighted by atomic mass is 9.72. The van der Waals surface area contributed by atoms with Crippen LogP contribution in [0.1, 0.15) is 38.7 Å². The molecular formula is C15H17ClO2. The van der Waals surface area contributed by atoms with Gasteiger partial charge in [0, 0.05) is 10.6 Å². The van der Waals surface area contributed by atoms with Gasteiger partial charge < -0.3 is 5.11 Å². The fourth-order valence-electron chi connectivity index (χ4n) is 2.45. The van der Waals surface area contributed by atoms with Crippen LogP contribution in [0, 0.1) is 5.41 Å². The van der Waals surface area contributed by atoms with Crippen molar-refractivity contribution in [3.63, 3.8) is 0 Å². The molecule has 1 N–H and O–H groups in total. The van der Waals surface area contributed by atoms with E-state index in [1.54, 1.807) is 0 Å². The summed E-state index contributed by atoms with van der Waals surface area (Å²) in [7, 11) is 0. The van der Waals surface area contributed by atoms with Gasteiger partial charge in [-0.1, -0.05) is 37.6 Å². The van der Waals surface area contributed by atoms with Crippen molar-refractivity contribution in [2.45, 2.75) is 33.1 Å². The Hall–Kier alpha value is -1.28. The number of carboxylic acid groups (broad SMARTS) is 1. The number of allylic oxidation sites excluding steroid dienone is 1. The van der Waals surface area contributed by atoms with Gasteiger partial charge in [-0.3, -0.25) is 0 Å². The van der Waals surface area contributed by atoms with E-state index in [1.807, 2.05) is 24.3 Å². The molecule has 0 aliphatic heterocycles. The number of aliphatic carboxylic acids is 1. The van der Waals surface area contributed by atoms with Gasteiger partial charge in [-0.25, -0.2) is 4.79 Å². The topological polar surface area (TPSA) is 37.3 Å².